The molecular weight excluding hydrogens is 474 g/mol. The molecule has 9 heteroatoms. The molecule has 0 amide bonds. The molecule has 0 aliphatic carbocycles. The summed E-state index contributed by atoms with van der Waals surface area (Å²) in [4.78, 5) is 32.0. The molecule has 1 N–H and O–H groups in total. The zero-order chi connectivity index (χ0) is 25.2. The zero-order valence-electron chi connectivity index (χ0n) is 20.0. The maximum absolute atomic E-state index is 12.6. The number of fused-ring (bicyclic) bond motifs is 1. The van der Waals surface area contributed by atoms with Crippen LogP contribution in [0.15, 0.2) is 76.7 Å². The number of hydrogen-bond acceptors (Lipinski definition) is 7. The van der Waals surface area contributed by atoms with Crippen LogP contribution >= 0.6 is 11.8 Å². The van der Waals surface area contributed by atoms with Gasteiger partial charge in [-0.05, 0) is 44.2 Å². The van der Waals surface area contributed by atoms with E-state index in [1.807, 2.05) is 66.9 Å². The van der Waals surface area contributed by atoms with E-state index in [1.165, 1.54) is 18.9 Å². The Morgan fingerprint density at radius 1 is 0.972 bits per heavy atom. The fraction of sp³-hybridized carbons (Fsp3) is 0.148. The smallest absolute Gasteiger partial charge is 0.337 e. The van der Waals surface area contributed by atoms with Crippen molar-refractivity contribution in [3.05, 3.63) is 99.6 Å². The third-order valence-corrected chi connectivity index (χ3v) is 6.69. The number of aryl methyl sites for hydroxylation is 2. The first-order chi connectivity index (χ1) is 17.4. The second kappa shape index (κ2) is 9.79. The third-order valence-electron chi connectivity index (χ3n) is 5.75. The normalized spacial score (nSPS) is 11.1. The zero-order valence-corrected chi connectivity index (χ0v) is 20.8. The number of ether oxygens (including phenoxy) is 1. The van der Waals surface area contributed by atoms with Crippen LogP contribution < -0.4 is 5.56 Å². The molecule has 180 valence electrons. The molecular formula is C27H23N5O3S. The highest BCUT2D eigenvalue weighted by Crippen LogP contribution is 2.29. The predicted molar refractivity (Wildman–Crippen MR) is 140 cm³/mol. The standard InChI is InChI=1S/C27H23N5O3S/c1-16-4-8-18(9-5-16)24-30-31-27(32(24)20-11-6-17(2)7-12-20)36-15-23-28-22-14-19(26(34)35-3)10-13-21(22)25(33)29-23/h4-14H,15H2,1-3H3,(H,28,29,33). The van der Waals surface area contributed by atoms with Crippen LogP contribution in [0.2, 0.25) is 0 Å². The lowest BCUT2D eigenvalue weighted by Crippen LogP contribution is -2.12. The monoisotopic (exact) mass is 497 g/mol. The Hall–Kier alpha value is -4.24. The molecule has 0 unspecified atom stereocenters. The largest absolute Gasteiger partial charge is 0.465 e. The molecule has 0 bridgehead atoms. The van der Waals surface area contributed by atoms with Gasteiger partial charge in [0.15, 0.2) is 11.0 Å². The summed E-state index contributed by atoms with van der Waals surface area (Å²) in [6.07, 6.45) is 0. The first-order valence-electron chi connectivity index (χ1n) is 11.3. The molecule has 5 aromatic rings. The fourth-order valence-corrected chi connectivity index (χ4v) is 4.64. The Morgan fingerprint density at radius 3 is 2.36 bits per heavy atom. The Balaban J connectivity index is 1.51. The van der Waals surface area contributed by atoms with E-state index in [0.29, 0.717) is 33.2 Å². The van der Waals surface area contributed by atoms with Crippen molar-refractivity contribution >= 4 is 28.6 Å². The van der Waals surface area contributed by atoms with Crippen molar-refractivity contribution in [1.29, 1.82) is 0 Å². The summed E-state index contributed by atoms with van der Waals surface area (Å²) in [5.41, 5.74) is 4.70. The molecule has 36 heavy (non-hydrogen) atoms. The summed E-state index contributed by atoms with van der Waals surface area (Å²) in [5, 5.41) is 10.0. The molecule has 8 nitrogen and oxygen atoms in total. The number of nitrogens with one attached hydrogen (secondary N) is 1. The second-order valence-corrected chi connectivity index (χ2v) is 9.31. The van der Waals surface area contributed by atoms with Crippen LogP contribution in [-0.4, -0.2) is 37.8 Å². The van der Waals surface area contributed by atoms with E-state index in [0.717, 1.165) is 28.2 Å². The van der Waals surface area contributed by atoms with Crippen molar-refractivity contribution in [3.8, 4) is 17.1 Å². The van der Waals surface area contributed by atoms with Gasteiger partial charge in [0.25, 0.3) is 5.56 Å². The number of methoxy groups -OCH3 is 1. The Morgan fingerprint density at radius 2 is 1.67 bits per heavy atom. The number of aromatic nitrogens is 5. The molecule has 0 atom stereocenters. The number of nitrogens with zero attached hydrogens (tertiary/aromatic N) is 4. The van der Waals surface area contributed by atoms with E-state index in [-0.39, 0.29) is 5.56 Å². The Kier molecular flexibility index (Phi) is 6.39. The molecule has 0 saturated heterocycles. The van der Waals surface area contributed by atoms with Crippen LogP contribution in [0.5, 0.6) is 0 Å². The van der Waals surface area contributed by atoms with E-state index >= 15 is 0 Å². The number of thioether (sulfide) groups is 1. The number of carbonyl (C=O) groups is 1. The topological polar surface area (TPSA) is 103 Å². The number of H-pyrrole nitrogens is 1. The first kappa shape index (κ1) is 23.5. The van der Waals surface area contributed by atoms with Crippen LogP contribution in [0.4, 0.5) is 0 Å². The fourth-order valence-electron chi connectivity index (χ4n) is 3.81. The summed E-state index contributed by atoms with van der Waals surface area (Å²) >= 11 is 1.42. The van der Waals surface area contributed by atoms with E-state index in [9.17, 15) is 9.59 Å². The van der Waals surface area contributed by atoms with Crippen molar-refractivity contribution in [2.75, 3.05) is 7.11 Å². The van der Waals surface area contributed by atoms with Crippen molar-refractivity contribution < 1.29 is 9.53 Å². The first-order valence-corrected chi connectivity index (χ1v) is 12.2. The van der Waals surface area contributed by atoms with Crippen LogP contribution in [0.3, 0.4) is 0 Å². The molecule has 0 spiro atoms. The van der Waals surface area contributed by atoms with Crippen molar-refractivity contribution in [2.45, 2.75) is 24.8 Å². The van der Waals surface area contributed by atoms with Crippen LogP contribution in [0, 0.1) is 13.8 Å². The van der Waals surface area contributed by atoms with Crippen molar-refractivity contribution in [1.82, 2.24) is 24.7 Å². The van der Waals surface area contributed by atoms with E-state index < -0.39 is 5.97 Å². The molecule has 0 aliphatic heterocycles. The second-order valence-electron chi connectivity index (χ2n) is 8.37. The van der Waals surface area contributed by atoms with Crippen molar-refractivity contribution in [2.24, 2.45) is 0 Å². The number of hydrogen-bond donors (Lipinski definition) is 1. The van der Waals surface area contributed by atoms with Gasteiger partial charge >= 0.3 is 5.97 Å². The summed E-state index contributed by atoms with van der Waals surface area (Å²) in [7, 11) is 1.31. The predicted octanol–water partition coefficient (Wildman–Crippen LogP) is 4.87. The van der Waals surface area contributed by atoms with E-state index in [2.05, 4.69) is 20.2 Å². The Labute approximate surface area is 211 Å². The minimum Gasteiger partial charge on any atom is -0.465 e. The highest BCUT2D eigenvalue weighted by Gasteiger charge is 2.17. The highest BCUT2D eigenvalue weighted by atomic mass is 32.2. The average Bonchev–Trinajstić information content (AvgIpc) is 3.31. The molecule has 2 heterocycles. The van der Waals surface area contributed by atoms with Crippen LogP contribution in [0.1, 0.15) is 27.3 Å². The van der Waals surface area contributed by atoms with E-state index in [4.69, 9.17) is 4.74 Å². The van der Waals surface area contributed by atoms with Gasteiger partial charge in [-0.1, -0.05) is 59.3 Å². The van der Waals surface area contributed by atoms with Gasteiger partial charge in [-0.15, -0.1) is 10.2 Å². The van der Waals surface area contributed by atoms with Gasteiger partial charge in [0.1, 0.15) is 5.82 Å². The molecule has 0 fully saturated rings. The highest BCUT2D eigenvalue weighted by molar-refractivity contribution is 7.98. The summed E-state index contributed by atoms with van der Waals surface area (Å²) in [6.45, 7) is 4.08. The van der Waals surface area contributed by atoms with Gasteiger partial charge in [-0.3, -0.25) is 9.36 Å². The van der Waals surface area contributed by atoms with E-state index in [1.54, 1.807) is 18.2 Å². The number of esters is 1. The van der Waals surface area contributed by atoms with Crippen LogP contribution in [-0.2, 0) is 10.5 Å². The van der Waals surface area contributed by atoms with Gasteiger partial charge in [0.05, 0.1) is 29.3 Å². The van der Waals surface area contributed by atoms with Gasteiger partial charge in [0.2, 0.25) is 0 Å². The van der Waals surface area contributed by atoms with Crippen molar-refractivity contribution in [3.63, 3.8) is 0 Å². The lowest BCUT2D eigenvalue weighted by molar-refractivity contribution is 0.0601. The molecule has 3 aromatic carbocycles. The lowest BCUT2D eigenvalue weighted by Gasteiger charge is -2.11. The maximum Gasteiger partial charge on any atom is 0.337 e. The van der Waals surface area contributed by atoms with Gasteiger partial charge in [-0.25, -0.2) is 9.78 Å². The van der Waals surface area contributed by atoms with Crippen LogP contribution in [0.25, 0.3) is 28.0 Å². The molecule has 0 radical (unpaired) electrons. The van der Waals surface area contributed by atoms with Gasteiger partial charge in [0, 0.05) is 11.3 Å². The van der Waals surface area contributed by atoms with Gasteiger partial charge in [-0.2, -0.15) is 0 Å². The minimum atomic E-state index is -0.482. The third kappa shape index (κ3) is 4.65. The molecule has 0 aliphatic rings. The number of rotatable bonds is 6. The average molecular weight is 498 g/mol. The summed E-state index contributed by atoms with van der Waals surface area (Å²) in [6, 6.07) is 21.0. The Bertz CT molecular complexity index is 1620. The SMILES string of the molecule is COC(=O)c1ccc2c(=O)[nH]c(CSc3nnc(-c4ccc(C)cc4)n3-c3ccc(C)cc3)nc2c1. The number of benzene rings is 3. The lowest BCUT2D eigenvalue weighted by atomic mass is 10.1. The van der Waals surface area contributed by atoms with Gasteiger partial charge < -0.3 is 9.72 Å². The maximum atomic E-state index is 12.6. The summed E-state index contributed by atoms with van der Waals surface area (Å²) < 4.78 is 6.79. The molecule has 0 saturated carbocycles. The minimum absolute atomic E-state index is 0.271. The number of carbonyl (C=O) groups excluding carboxylic acids is 1. The quantitative estimate of drug-likeness (QED) is 0.264. The number of aromatic amines is 1. The molecule has 2 aromatic heterocycles. The summed E-state index contributed by atoms with van der Waals surface area (Å²) in [5.74, 6) is 1.06. The molecule has 5 rings (SSSR count).